The molecular formula is C10H20. The highest BCUT2D eigenvalue weighted by atomic mass is 14.2. The predicted molar refractivity (Wildman–Crippen MR) is 48.1 cm³/mol. The normalized spacial score (nSPS) is 23.2. The van der Waals surface area contributed by atoms with Gasteiger partial charge >= 0.3 is 0 Å². The fourth-order valence-electron chi connectivity index (χ4n) is 1.40. The zero-order valence-corrected chi connectivity index (χ0v) is 7.78. The minimum Gasteiger partial charge on any atom is -0.0851 e. The monoisotopic (exact) mass is 140 g/mol. The van der Waals surface area contributed by atoms with Crippen molar-refractivity contribution in [2.75, 3.05) is 0 Å². The first-order chi connectivity index (χ1) is 4.84. The van der Waals surface area contributed by atoms with Crippen molar-refractivity contribution >= 4 is 0 Å². The molecule has 0 spiro atoms. The van der Waals surface area contributed by atoms with Crippen molar-refractivity contribution in [2.45, 2.75) is 47.0 Å². The maximum Gasteiger partial charge on any atom is -0.0229 e. The van der Waals surface area contributed by atoms with E-state index in [-0.39, 0.29) is 0 Å². The summed E-state index contributed by atoms with van der Waals surface area (Å²) in [5.41, 5.74) is 1.67. The minimum absolute atomic E-state index is 0.889. The lowest BCUT2D eigenvalue weighted by Crippen LogP contribution is -1.89. The summed E-state index contributed by atoms with van der Waals surface area (Å²) in [7, 11) is 0. The van der Waals surface area contributed by atoms with Crippen LogP contribution in [0.1, 0.15) is 47.0 Å². The van der Waals surface area contributed by atoms with Gasteiger partial charge in [0, 0.05) is 0 Å². The molecule has 1 rings (SSSR count). The smallest absolute Gasteiger partial charge is 0.0229 e. The summed E-state index contributed by atoms with van der Waals surface area (Å²) in [6.07, 6.45) is 6.37. The molecule has 0 aromatic heterocycles. The average Bonchev–Trinajstić information content (AvgIpc) is 2.39. The Morgan fingerprint density at radius 1 is 1.50 bits per heavy atom. The maximum absolute atomic E-state index is 2.39. The van der Waals surface area contributed by atoms with Gasteiger partial charge in [-0.25, -0.2) is 0 Å². The summed E-state index contributed by atoms with van der Waals surface area (Å²) in [6.45, 7) is 8.57. The second-order valence-corrected chi connectivity index (χ2v) is 2.61. The Hall–Kier alpha value is -0.260. The lowest BCUT2D eigenvalue weighted by atomic mass is 10.0. The Morgan fingerprint density at radius 2 is 2.10 bits per heavy atom. The molecule has 1 atom stereocenters. The van der Waals surface area contributed by atoms with Crippen LogP contribution in [0.3, 0.4) is 0 Å². The molecule has 0 saturated heterocycles. The Morgan fingerprint density at radius 3 is 2.30 bits per heavy atom. The van der Waals surface area contributed by atoms with Crippen LogP contribution >= 0.6 is 0 Å². The van der Waals surface area contributed by atoms with E-state index in [1.807, 2.05) is 13.8 Å². The SMILES string of the molecule is CC.CCC1=CCC[C@@H]1C. The lowest BCUT2D eigenvalue weighted by Gasteiger charge is -2.03. The van der Waals surface area contributed by atoms with Crippen LogP contribution in [-0.2, 0) is 0 Å². The average molecular weight is 140 g/mol. The van der Waals surface area contributed by atoms with Gasteiger partial charge in [0.05, 0.1) is 0 Å². The zero-order chi connectivity index (χ0) is 7.98. The lowest BCUT2D eigenvalue weighted by molar-refractivity contribution is 0.652. The van der Waals surface area contributed by atoms with E-state index in [0.717, 1.165) is 5.92 Å². The topological polar surface area (TPSA) is 0 Å². The number of allylic oxidation sites excluding steroid dienone is 2. The van der Waals surface area contributed by atoms with E-state index in [2.05, 4.69) is 19.9 Å². The molecule has 0 bridgehead atoms. The van der Waals surface area contributed by atoms with Crippen molar-refractivity contribution in [3.05, 3.63) is 11.6 Å². The molecule has 0 fully saturated rings. The number of hydrogen-bond acceptors (Lipinski definition) is 0. The Balaban J connectivity index is 0.000000371. The van der Waals surface area contributed by atoms with Crippen LogP contribution in [-0.4, -0.2) is 0 Å². The second-order valence-electron chi connectivity index (χ2n) is 2.61. The van der Waals surface area contributed by atoms with Crippen LogP contribution in [0.2, 0.25) is 0 Å². The van der Waals surface area contributed by atoms with Gasteiger partial charge in [0.15, 0.2) is 0 Å². The fraction of sp³-hybridized carbons (Fsp3) is 0.800. The van der Waals surface area contributed by atoms with E-state index in [4.69, 9.17) is 0 Å². The van der Waals surface area contributed by atoms with Crippen molar-refractivity contribution in [1.82, 2.24) is 0 Å². The molecule has 0 aromatic carbocycles. The largest absolute Gasteiger partial charge is 0.0851 e. The first-order valence-corrected chi connectivity index (χ1v) is 4.53. The second kappa shape index (κ2) is 5.52. The van der Waals surface area contributed by atoms with Crippen molar-refractivity contribution in [2.24, 2.45) is 5.92 Å². The van der Waals surface area contributed by atoms with Crippen molar-refractivity contribution in [3.63, 3.8) is 0 Å². The molecule has 0 unspecified atom stereocenters. The van der Waals surface area contributed by atoms with E-state index < -0.39 is 0 Å². The van der Waals surface area contributed by atoms with E-state index in [1.54, 1.807) is 5.57 Å². The van der Waals surface area contributed by atoms with E-state index in [0.29, 0.717) is 0 Å². The van der Waals surface area contributed by atoms with Gasteiger partial charge in [-0.3, -0.25) is 0 Å². The minimum atomic E-state index is 0.889. The Kier molecular flexibility index (Phi) is 5.38. The van der Waals surface area contributed by atoms with E-state index >= 15 is 0 Å². The summed E-state index contributed by atoms with van der Waals surface area (Å²) >= 11 is 0. The molecule has 0 amide bonds. The molecule has 0 heterocycles. The van der Waals surface area contributed by atoms with E-state index in [1.165, 1.54) is 19.3 Å². The van der Waals surface area contributed by atoms with Gasteiger partial charge < -0.3 is 0 Å². The van der Waals surface area contributed by atoms with Gasteiger partial charge in [-0.05, 0) is 25.2 Å². The maximum atomic E-state index is 2.39. The molecule has 0 nitrogen and oxygen atoms in total. The molecule has 60 valence electrons. The molecule has 0 radical (unpaired) electrons. The summed E-state index contributed by atoms with van der Waals surface area (Å²) in [5, 5.41) is 0. The van der Waals surface area contributed by atoms with Gasteiger partial charge in [0.25, 0.3) is 0 Å². The molecule has 10 heavy (non-hydrogen) atoms. The molecule has 0 aliphatic heterocycles. The highest BCUT2D eigenvalue weighted by Crippen LogP contribution is 2.26. The van der Waals surface area contributed by atoms with Crippen LogP contribution in [0.4, 0.5) is 0 Å². The van der Waals surface area contributed by atoms with Crippen LogP contribution < -0.4 is 0 Å². The molecule has 0 N–H and O–H groups in total. The first kappa shape index (κ1) is 9.74. The third kappa shape index (κ3) is 2.55. The molecular weight excluding hydrogens is 120 g/mol. The quantitative estimate of drug-likeness (QED) is 0.486. The third-order valence-corrected chi connectivity index (χ3v) is 2.05. The molecule has 1 aliphatic carbocycles. The molecule has 0 saturated carbocycles. The standard InChI is InChI=1S/C8H14.C2H6/c1-3-8-6-4-5-7(8)2;1-2/h6-7H,3-5H2,1-2H3;1-2H3/t7-;/m0./s1. The van der Waals surface area contributed by atoms with Crippen LogP contribution in [0.5, 0.6) is 0 Å². The fourth-order valence-corrected chi connectivity index (χ4v) is 1.40. The van der Waals surface area contributed by atoms with Crippen LogP contribution in [0.15, 0.2) is 11.6 Å². The Bertz CT molecular complexity index is 101. The number of rotatable bonds is 1. The summed E-state index contributed by atoms with van der Waals surface area (Å²) in [5.74, 6) is 0.889. The highest BCUT2D eigenvalue weighted by Gasteiger charge is 2.10. The first-order valence-electron chi connectivity index (χ1n) is 4.53. The van der Waals surface area contributed by atoms with Gasteiger partial charge in [0.1, 0.15) is 0 Å². The van der Waals surface area contributed by atoms with Crippen molar-refractivity contribution in [1.29, 1.82) is 0 Å². The number of hydrogen-bond donors (Lipinski definition) is 0. The van der Waals surface area contributed by atoms with Gasteiger partial charge in [-0.2, -0.15) is 0 Å². The van der Waals surface area contributed by atoms with E-state index in [9.17, 15) is 0 Å². The molecule has 1 aliphatic rings. The van der Waals surface area contributed by atoms with Gasteiger partial charge in [-0.1, -0.05) is 39.3 Å². The van der Waals surface area contributed by atoms with Crippen molar-refractivity contribution < 1.29 is 0 Å². The van der Waals surface area contributed by atoms with Crippen LogP contribution in [0, 0.1) is 5.92 Å². The Labute approximate surface area is 65.3 Å². The summed E-state index contributed by atoms with van der Waals surface area (Å²) in [4.78, 5) is 0. The van der Waals surface area contributed by atoms with Gasteiger partial charge in [-0.15, -0.1) is 0 Å². The highest BCUT2D eigenvalue weighted by molar-refractivity contribution is 5.10. The molecule has 0 aromatic rings. The van der Waals surface area contributed by atoms with Crippen molar-refractivity contribution in [3.8, 4) is 0 Å². The summed E-state index contributed by atoms with van der Waals surface area (Å²) < 4.78 is 0. The zero-order valence-electron chi connectivity index (χ0n) is 7.78. The summed E-state index contributed by atoms with van der Waals surface area (Å²) in [6, 6.07) is 0. The van der Waals surface area contributed by atoms with Crippen LogP contribution in [0.25, 0.3) is 0 Å². The predicted octanol–water partition coefficient (Wildman–Crippen LogP) is 3.78. The van der Waals surface area contributed by atoms with Gasteiger partial charge in [0.2, 0.25) is 0 Å². The third-order valence-electron chi connectivity index (χ3n) is 2.05. The molecule has 0 heteroatoms.